The Morgan fingerprint density at radius 2 is 1.00 bits per heavy atom. The lowest BCUT2D eigenvalue weighted by molar-refractivity contribution is 0.332. The van der Waals surface area contributed by atoms with Gasteiger partial charge in [-0.3, -0.25) is 0 Å². The summed E-state index contributed by atoms with van der Waals surface area (Å²) in [6.07, 6.45) is 4.73. The highest BCUT2D eigenvalue weighted by molar-refractivity contribution is 7.33. The Balaban J connectivity index is 1.19. The van der Waals surface area contributed by atoms with Crippen LogP contribution in [-0.4, -0.2) is 6.71 Å². The van der Waals surface area contributed by atoms with Gasteiger partial charge in [0.2, 0.25) is 0 Å². The van der Waals surface area contributed by atoms with Crippen LogP contribution in [0.3, 0.4) is 0 Å². The van der Waals surface area contributed by atoms with E-state index < -0.39 is 0 Å². The highest BCUT2D eigenvalue weighted by Gasteiger charge is 2.49. The summed E-state index contributed by atoms with van der Waals surface area (Å²) >= 11 is 2.02. The Morgan fingerprint density at radius 3 is 1.63 bits per heavy atom. The zero-order valence-corrected chi connectivity index (χ0v) is 47.2. The van der Waals surface area contributed by atoms with Gasteiger partial charge in [0.1, 0.15) is 0 Å². The van der Waals surface area contributed by atoms with Crippen molar-refractivity contribution in [2.75, 3.05) is 9.80 Å². The molecule has 0 radical (unpaired) electrons. The van der Waals surface area contributed by atoms with E-state index in [1.54, 1.807) is 0 Å². The van der Waals surface area contributed by atoms with E-state index in [9.17, 15) is 0 Å². The standard InChI is InChI=1S/C69H75BN2S/c1-42-35-58-61-59(36-42)72(56-29-25-46(64(2,3)4)37-49(56)45-23-21-44(22-24-45)43-19-17-16-18-20-43)62-50-38-47(65(5,6)7)26-30-60(50)73-63(62)70(61)55-40-53-54(69(14,15)34-33-68(53,12)13)41-57(55)71(58)48-27-28-51-52(39-48)67(10,11)32-31-66(51,8)9/h16-30,35-41H,31-34H2,1-15H3. The zero-order valence-electron chi connectivity index (χ0n) is 46.4. The van der Waals surface area contributed by atoms with Gasteiger partial charge in [-0.1, -0.05) is 176 Å². The number of rotatable bonds is 4. The molecular weight excluding hydrogens is 900 g/mol. The molecule has 370 valence electrons. The number of aryl methyl sites for hydroxylation is 1. The summed E-state index contributed by atoms with van der Waals surface area (Å²) in [5.41, 5.74) is 25.8. The van der Waals surface area contributed by atoms with E-state index in [0.717, 1.165) is 0 Å². The molecule has 0 spiro atoms. The van der Waals surface area contributed by atoms with Crippen LogP contribution in [0.15, 0.2) is 133 Å². The van der Waals surface area contributed by atoms with Gasteiger partial charge in [0.25, 0.3) is 6.71 Å². The monoisotopic (exact) mass is 975 g/mol. The Labute approximate surface area is 442 Å². The smallest absolute Gasteiger partial charge is 0.264 e. The molecule has 1 aromatic heterocycles. The summed E-state index contributed by atoms with van der Waals surface area (Å²) < 4.78 is 2.78. The highest BCUT2D eigenvalue weighted by atomic mass is 32.1. The van der Waals surface area contributed by atoms with Gasteiger partial charge in [0.05, 0.1) is 11.4 Å². The van der Waals surface area contributed by atoms with Gasteiger partial charge >= 0.3 is 0 Å². The van der Waals surface area contributed by atoms with Gasteiger partial charge in [-0.2, -0.15) is 0 Å². The molecule has 0 saturated heterocycles. The fourth-order valence-electron chi connectivity index (χ4n) is 13.3. The molecule has 7 aromatic carbocycles. The number of benzene rings is 7. The minimum absolute atomic E-state index is 0.0156. The third kappa shape index (κ3) is 7.61. The Bertz CT molecular complexity index is 3550. The minimum atomic E-state index is -0.0427. The quantitative estimate of drug-likeness (QED) is 0.162. The maximum absolute atomic E-state index is 2.73. The minimum Gasteiger partial charge on any atom is -0.311 e. The van der Waals surface area contributed by atoms with Crippen LogP contribution in [-0.2, 0) is 32.5 Å². The second-order valence-corrected chi connectivity index (χ2v) is 28.3. The van der Waals surface area contributed by atoms with Crippen LogP contribution >= 0.6 is 11.3 Å². The van der Waals surface area contributed by atoms with Crippen molar-refractivity contribution in [3.8, 4) is 22.3 Å². The SMILES string of the molecule is Cc1cc2c3c(c1)N(c1ccc(C(C)(C)C)cc1-c1ccc(-c4ccccc4)cc1)c1c(sc4ccc(C(C)(C)C)cc14)B3c1cc3c(cc1N2c1ccc2c(c1)C(C)(C)CCC2(C)C)C(C)(C)CCC3(C)C. The van der Waals surface area contributed by atoms with Crippen LogP contribution < -0.4 is 25.5 Å². The molecule has 4 heteroatoms. The molecule has 2 aliphatic heterocycles. The maximum atomic E-state index is 2.73. The van der Waals surface area contributed by atoms with Crippen LogP contribution in [0.5, 0.6) is 0 Å². The van der Waals surface area contributed by atoms with Gasteiger partial charge in [0, 0.05) is 43.2 Å². The van der Waals surface area contributed by atoms with E-state index >= 15 is 0 Å². The van der Waals surface area contributed by atoms with Crippen LogP contribution in [0.4, 0.5) is 34.1 Å². The molecule has 3 heterocycles. The third-order valence-corrected chi connectivity index (χ3v) is 19.4. The first kappa shape index (κ1) is 48.1. The second-order valence-electron chi connectivity index (χ2n) is 27.2. The summed E-state index contributed by atoms with van der Waals surface area (Å²) in [4.78, 5) is 5.44. The van der Waals surface area contributed by atoms with E-state index in [1.165, 1.54) is 147 Å². The van der Waals surface area contributed by atoms with E-state index in [1.807, 2.05) is 11.3 Å². The van der Waals surface area contributed by atoms with Crippen molar-refractivity contribution in [2.24, 2.45) is 0 Å². The average Bonchev–Trinajstić information content (AvgIpc) is 3.72. The van der Waals surface area contributed by atoms with E-state index in [0.29, 0.717) is 0 Å². The van der Waals surface area contributed by atoms with Crippen molar-refractivity contribution in [1.82, 2.24) is 0 Å². The van der Waals surface area contributed by atoms with Gasteiger partial charge in [-0.05, 0) is 186 Å². The Kier molecular flexibility index (Phi) is 10.6. The van der Waals surface area contributed by atoms with Gasteiger partial charge in [-0.25, -0.2) is 0 Å². The summed E-state index contributed by atoms with van der Waals surface area (Å²) in [7, 11) is 0. The number of hydrogen-bond donors (Lipinski definition) is 0. The van der Waals surface area contributed by atoms with E-state index in [-0.39, 0.29) is 39.2 Å². The van der Waals surface area contributed by atoms with Crippen LogP contribution in [0.25, 0.3) is 32.3 Å². The Morgan fingerprint density at radius 1 is 0.466 bits per heavy atom. The van der Waals surface area contributed by atoms with Gasteiger partial charge in [0.15, 0.2) is 0 Å². The van der Waals surface area contributed by atoms with E-state index in [2.05, 4.69) is 247 Å². The maximum Gasteiger partial charge on any atom is 0.264 e. The molecule has 73 heavy (non-hydrogen) atoms. The molecule has 0 amide bonds. The molecule has 0 N–H and O–H groups in total. The molecule has 2 nitrogen and oxygen atoms in total. The molecule has 2 aliphatic carbocycles. The number of anilines is 6. The van der Waals surface area contributed by atoms with Crippen LogP contribution in [0, 0.1) is 6.92 Å². The predicted octanol–water partition coefficient (Wildman–Crippen LogP) is 17.9. The molecule has 12 rings (SSSR count). The van der Waals surface area contributed by atoms with Crippen molar-refractivity contribution in [3.63, 3.8) is 0 Å². The topological polar surface area (TPSA) is 6.48 Å². The lowest BCUT2D eigenvalue weighted by Crippen LogP contribution is -2.61. The van der Waals surface area contributed by atoms with Crippen molar-refractivity contribution in [3.05, 3.63) is 172 Å². The predicted molar refractivity (Wildman–Crippen MR) is 319 cm³/mol. The fourth-order valence-corrected chi connectivity index (χ4v) is 14.6. The fraction of sp³-hybridized carbons (Fsp3) is 0.362. The van der Waals surface area contributed by atoms with Crippen LogP contribution in [0.2, 0.25) is 0 Å². The molecule has 8 aromatic rings. The molecule has 4 aliphatic rings. The third-order valence-electron chi connectivity index (χ3n) is 18.1. The first-order chi connectivity index (χ1) is 34.3. The summed E-state index contributed by atoms with van der Waals surface area (Å²) in [6.45, 7) is 36.4. The van der Waals surface area contributed by atoms with Crippen molar-refractivity contribution < 1.29 is 0 Å². The van der Waals surface area contributed by atoms with Crippen molar-refractivity contribution >= 4 is 78.0 Å². The summed E-state index contributed by atoms with van der Waals surface area (Å²) in [5.74, 6) is 0. The first-order valence-electron chi connectivity index (χ1n) is 27.3. The van der Waals surface area contributed by atoms with Gasteiger partial charge in [-0.15, -0.1) is 11.3 Å². The molecule has 0 atom stereocenters. The Hall–Kier alpha value is -5.84. The van der Waals surface area contributed by atoms with Crippen LogP contribution in [0.1, 0.15) is 162 Å². The number of fused-ring (bicyclic) bond motifs is 8. The normalized spacial score (nSPS) is 17.9. The largest absolute Gasteiger partial charge is 0.311 e. The number of nitrogens with zero attached hydrogens (tertiary/aromatic N) is 2. The first-order valence-corrected chi connectivity index (χ1v) is 28.1. The second kappa shape index (κ2) is 16.1. The molecule has 0 bridgehead atoms. The molecule has 0 unspecified atom stereocenters. The summed E-state index contributed by atoms with van der Waals surface area (Å²) in [6, 6.07) is 52.9. The zero-order chi connectivity index (χ0) is 51.5. The number of thiophene rings is 1. The molecule has 0 saturated carbocycles. The highest BCUT2D eigenvalue weighted by Crippen LogP contribution is 2.55. The molecule has 0 fully saturated rings. The lowest BCUT2D eigenvalue weighted by Gasteiger charge is -2.47. The molecular formula is C69H75BN2S. The average molecular weight is 975 g/mol. The number of hydrogen-bond acceptors (Lipinski definition) is 3. The van der Waals surface area contributed by atoms with Crippen molar-refractivity contribution in [2.45, 2.75) is 162 Å². The summed E-state index contributed by atoms with van der Waals surface area (Å²) in [5, 5.41) is 1.34. The van der Waals surface area contributed by atoms with Crippen molar-refractivity contribution in [1.29, 1.82) is 0 Å². The van der Waals surface area contributed by atoms with Gasteiger partial charge < -0.3 is 9.80 Å². The lowest BCUT2D eigenvalue weighted by atomic mass is 9.35. The van der Waals surface area contributed by atoms with E-state index in [4.69, 9.17) is 0 Å².